The summed E-state index contributed by atoms with van der Waals surface area (Å²) in [5.74, 6) is -4.70. The van der Waals surface area contributed by atoms with Crippen LogP contribution in [0, 0.1) is 0 Å². The average Bonchev–Trinajstić information content (AvgIpc) is 1.80. The van der Waals surface area contributed by atoms with Crippen molar-refractivity contribution in [1.29, 1.82) is 0 Å². The third kappa shape index (κ3) is 8.97. The maximum atomic E-state index is 9.99. The van der Waals surface area contributed by atoms with E-state index in [4.69, 9.17) is 0 Å². The van der Waals surface area contributed by atoms with Crippen LogP contribution in [0.25, 0.3) is 0 Å². The van der Waals surface area contributed by atoms with Crippen molar-refractivity contribution in [2.75, 3.05) is 19.6 Å². The summed E-state index contributed by atoms with van der Waals surface area (Å²) in [6.07, 6.45) is 0. The minimum atomic E-state index is -1.57. The molecule has 0 rings (SSSR count). The Labute approximate surface area is 89.5 Å². The predicted octanol–water partition coefficient (Wildman–Crippen LogP) is -5.46. The third-order valence-electron chi connectivity index (χ3n) is 1.06. The number of carboxylic acid groups (broad SMARTS) is 3. The van der Waals surface area contributed by atoms with Gasteiger partial charge in [-0.25, -0.2) is 0 Å². The molecule has 0 aliphatic heterocycles. The van der Waals surface area contributed by atoms with Gasteiger partial charge >= 0.3 is 16.8 Å². The molecule has 0 fully saturated rings. The molecule has 0 heterocycles. The van der Waals surface area contributed by atoms with E-state index in [9.17, 15) is 29.7 Å². The van der Waals surface area contributed by atoms with Crippen LogP contribution in [-0.4, -0.2) is 42.4 Å². The van der Waals surface area contributed by atoms with E-state index in [-0.39, 0.29) is 16.8 Å². The molecule has 0 aromatic heterocycles. The molecular weight excluding hydrogens is 241 g/mol. The van der Waals surface area contributed by atoms with Crippen molar-refractivity contribution in [3.8, 4) is 0 Å². The summed E-state index contributed by atoms with van der Waals surface area (Å²) < 4.78 is 0. The Hall–Kier alpha value is -1.12. The van der Waals surface area contributed by atoms with Gasteiger partial charge < -0.3 is 29.7 Å². The number of hydrogen-bond acceptors (Lipinski definition) is 7. The molecule has 0 atom stereocenters. The molecule has 80 valence electrons. The van der Waals surface area contributed by atoms with E-state index >= 15 is 0 Å². The fourth-order valence-corrected chi connectivity index (χ4v) is 0.715. The Morgan fingerprint density at radius 1 is 0.786 bits per heavy atom. The number of nitrogens with zero attached hydrogens (tertiary/aromatic N) is 1. The number of rotatable bonds is 6. The molecule has 0 saturated heterocycles. The molecule has 0 saturated carbocycles. The Balaban J connectivity index is 0. The van der Waals surface area contributed by atoms with Gasteiger partial charge in [0.1, 0.15) is 0 Å². The van der Waals surface area contributed by atoms with Gasteiger partial charge in [-0.05, 0) is 0 Å². The SMILES string of the molecule is O=C([O-])CN(CC(=O)[O-])CC(=O)[O-].[Co+3]. The van der Waals surface area contributed by atoms with E-state index in [1.54, 1.807) is 0 Å². The summed E-state index contributed by atoms with van der Waals surface area (Å²) in [6.45, 7) is -2.37. The number of carbonyl (C=O) groups excluding carboxylic acids is 3. The summed E-state index contributed by atoms with van der Waals surface area (Å²) in [5.41, 5.74) is 0. The Bertz CT molecular complexity index is 192. The summed E-state index contributed by atoms with van der Waals surface area (Å²) in [7, 11) is 0. The van der Waals surface area contributed by atoms with E-state index in [0.717, 1.165) is 0 Å². The second-order valence-corrected chi connectivity index (χ2v) is 2.26. The number of carbonyl (C=O) groups is 3. The van der Waals surface area contributed by atoms with Crippen LogP contribution < -0.4 is 15.3 Å². The van der Waals surface area contributed by atoms with Crippen molar-refractivity contribution in [2.45, 2.75) is 0 Å². The number of carboxylic acids is 3. The summed E-state index contributed by atoms with van der Waals surface area (Å²) >= 11 is 0. The van der Waals surface area contributed by atoms with Gasteiger partial charge in [0.15, 0.2) is 0 Å². The summed E-state index contributed by atoms with van der Waals surface area (Å²) in [5, 5.41) is 30.0. The van der Waals surface area contributed by atoms with E-state index < -0.39 is 37.5 Å². The first-order valence-electron chi connectivity index (χ1n) is 3.23. The van der Waals surface area contributed by atoms with Crippen molar-refractivity contribution >= 4 is 17.9 Å². The molecule has 7 nitrogen and oxygen atoms in total. The molecular formula is C6H6CoNO6. The van der Waals surface area contributed by atoms with Crippen LogP contribution in [-0.2, 0) is 31.2 Å². The molecule has 0 aromatic carbocycles. The van der Waals surface area contributed by atoms with Crippen molar-refractivity contribution in [1.82, 2.24) is 4.90 Å². The molecule has 0 aliphatic carbocycles. The zero-order valence-corrected chi connectivity index (χ0v) is 7.89. The van der Waals surface area contributed by atoms with Crippen molar-refractivity contribution in [2.24, 2.45) is 0 Å². The van der Waals surface area contributed by atoms with Gasteiger partial charge in [-0.1, -0.05) is 0 Å². The molecule has 0 N–H and O–H groups in total. The predicted molar refractivity (Wildman–Crippen MR) is 31.5 cm³/mol. The van der Waals surface area contributed by atoms with Gasteiger partial charge in [0, 0.05) is 19.6 Å². The number of aliphatic carboxylic acids is 3. The Morgan fingerprint density at radius 2 is 1.00 bits per heavy atom. The van der Waals surface area contributed by atoms with Crippen molar-refractivity contribution in [3.63, 3.8) is 0 Å². The average molecular weight is 247 g/mol. The maximum absolute atomic E-state index is 9.99. The molecule has 0 bridgehead atoms. The third-order valence-corrected chi connectivity index (χ3v) is 1.06. The van der Waals surface area contributed by atoms with Gasteiger partial charge in [-0.3, -0.25) is 4.90 Å². The largest absolute Gasteiger partial charge is 3.00 e. The molecule has 8 heteroatoms. The number of hydrogen-bond donors (Lipinski definition) is 0. The molecule has 14 heavy (non-hydrogen) atoms. The maximum Gasteiger partial charge on any atom is 3.00 e. The van der Waals surface area contributed by atoms with Crippen LogP contribution in [0.1, 0.15) is 0 Å². The van der Waals surface area contributed by atoms with Gasteiger partial charge in [-0.15, -0.1) is 0 Å². The fraction of sp³-hybridized carbons (Fsp3) is 0.500. The van der Waals surface area contributed by atoms with Crippen LogP contribution in [0.3, 0.4) is 0 Å². The van der Waals surface area contributed by atoms with Gasteiger partial charge in [0.2, 0.25) is 0 Å². The molecule has 0 unspecified atom stereocenters. The zero-order chi connectivity index (χ0) is 10.4. The molecule has 0 aliphatic rings. The van der Waals surface area contributed by atoms with Crippen LogP contribution >= 0.6 is 0 Å². The molecule has 0 spiro atoms. The van der Waals surface area contributed by atoms with E-state index in [1.165, 1.54) is 0 Å². The van der Waals surface area contributed by atoms with Gasteiger partial charge in [-0.2, -0.15) is 0 Å². The van der Waals surface area contributed by atoms with Gasteiger partial charge in [0.05, 0.1) is 17.9 Å². The Morgan fingerprint density at radius 3 is 1.14 bits per heavy atom. The smallest absolute Gasteiger partial charge is 0.549 e. The molecule has 0 amide bonds. The standard InChI is InChI=1S/C6H9NO6.Co/c8-4(9)1-7(2-5(10)11)3-6(12)13;/h1-3H2,(H,8,9)(H,10,11)(H,12,13);/q;+3/p-3. The first kappa shape index (κ1) is 15.4. The monoisotopic (exact) mass is 247 g/mol. The first-order chi connectivity index (χ1) is 5.91. The van der Waals surface area contributed by atoms with Crippen molar-refractivity contribution < 1.29 is 46.5 Å². The second-order valence-electron chi connectivity index (χ2n) is 2.26. The van der Waals surface area contributed by atoms with Crippen LogP contribution in [0.15, 0.2) is 0 Å². The van der Waals surface area contributed by atoms with Crippen LogP contribution in [0.2, 0.25) is 0 Å². The van der Waals surface area contributed by atoms with E-state index in [1.807, 2.05) is 0 Å². The molecule has 0 aromatic rings. The minimum absolute atomic E-state index is 0. The van der Waals surface area contributed by atoms with Crippen LogP contribution in [0.5, 0.6) is 0 Å². The second kappa shape index (κ2) is 7.30. The topological polar surface area (TPSA) is 124 Å². The van der Waals surface area contributed by atoms with E-state index in [0.29, 0.717) is 4.90 Å². The van der Waals surface area contributed by atoms with Gasteiger partial charge in [0.25, 0.3) is 0 Å². The van der Waals surface area contributed by atoms with Crippen LogP contribution in [0.4, 0.5) is 0 Å². The quantitative estimate of drug-likeness (QED) is 0.458. The first-order valence-corrected chi connectivity index (χ1v) is 3.23. The fourth-order valence-electron chi connectivity index (χ4n) is 0.715. The summed E-state index contributed by atoms with van der Waals surface area (Å²) in [4.78, 5) is 30.6. The minimum Gasteiger partial charge on any atom is -0.549 e. The summed E-state index contributed by atoms with van der Waals surface area (Å²) in [6, 6.07) is 0. The zero-order valence-electron chi connectivity index (χ0n) is 6.85. The van der Waals surface area contributed by atoms with Crippen molar-refractivity contribution in [3.05, 3.63) is 0 Å². The molecule has 0 radical (unpaired) electrons. The normalized spacial score (nSPS) is 9.21. The Kier molecular flexibility index (Phi) is 8.00. The van der Waals surface area contributed by atoms with E-state index in [2.05, 4.69) is 0 Å².